The first-order valence-corrected chi connectivity index (χ1v) is 4.81. The number of aromatic nitrogens is 3. The smallest absolute Gasteiger partial charge is 0.358 e. The predicted octanol–water partition coefficient (Wildman–Crippen LogP) is 1.58. The monoisotopic (exact) mass is 217 g/mol. The molecule has 0 unspecified atom stereocenters. The van der Waals surface area contributed by atoms with Gasteiger partial charge >= 0.3 is 5.97 Å². The maximum atomic E-state index is 10.7. The highest BCUT2D eigenvalue weighted by Gasteiger charge is 2.09. The first-order valence-electron chi connectivity index (χ1n) is 4.81. The molecule has 2 rings (SSSR count). The van der Waals surface area contributed by atoms with Crippen LogP contribution in [0.15, 0.2) is 24.4 Å². The summed E-state index contributed by atoms with van der Waals surface area (Å²) in [7, 11) is 0. The Labute approximate surface area is 92.3 Å². The first-order chi connectivity index (χ1) is 7.58. The maximum Gasteiger partial charge on any atom is 0.358 e. The molecule has 0 radical (unpaired) electrons. The van der Waals surface area contributed by atoms with Gasteiger partial charge in [-0.15, -0.1) is 5.10 Å². The van der Waals surface area contributed by atoms with Gasteiger partial charge in [-0.05, 0) is 37.1 Å². The van der Waals surface area contributed by atoms with Crippen LogP contribution < -0.4 is 0 Å². The van der Waals surface area contributed by atoms with Crippen LogP contribution in [-0.4, -0.2) is 26.1 Å². The summed E-state index contributed by atoms with van der Waals surface area (Å²) < 4.78 is 0. The Kier molecular flexibility index (Phi) is 2.44. The highest BCUT2D eigenvalue weighted by atomic mass is 16.4. The molecule has 0 amide bonds. The van der Waals surface area contributed by atoms with Crippen LogP contribution in [0.1, 0.15) is 21.6 Å². The number of hydrogen-bond donors (Lipinski definition) is 1. The largest absolute Gasteiger partial charge is 0.476 e. The fourth-order valence-electron chi connectivity index (χ4n) is 1.34. The van der Waals surface area contributed by atoms with Gasteiger partial charge < -0.3 is 5.11 Å². The number of carboxylic acids is 1. The molecule has 2 aromatic rings. The lowest BCUT2D eigenvalue weighted by molar-refractivity contribution is 0.0690. The number of carbonyl (C=O) groups is 1. The third-order valence-electron chi connectivity index (χ3n) is 2.43. The lowest BCUT2D eigenvalue weighted by Gasteiger charge is -2.03. The van der Waals surface area contributed by atoms with E-state index in [9.17, 15) is 4.79 Å². The highest BCUT2D eigenvalue weighted by molar-refractivity contribution is 5.84. The number of hydrogen-bond acceptors (Lipinski definition) is 3. The Morgan fingerprint density at radius 3 is 2.62 bits per heavy atom. The van der Waals surface area contributed by atoms with Crippen LogP contribution in [-0.2, 0) is 0 Å². The van der Waals surface area contributed by atoms with Crippen molar-refractivity contribution in [2.75, 3.05) is 0 Å². The molecule has 16 heavy (non-hydrogen) atoms. The minimum atomic E-state index is -1.07. The van der Waals surface area contributed by atoms with Crippen molar-refractivity contribution in [2.45, 2.75) is 13.8 Å². The Morgan fingerprint density at radius 2 is 2.06 bits per heavy atom. The summed E-state index contributed by atoms with van der Waals surface area (Å²) in [6, 6.07) is 5.73. The summed E-state index contributed by atoms with van der Waals surface area (Å²) in [5.41, 5.74) is 3.00. The van der Waals surface area contributed by atoms with E-state index in [2.05, 4.69) is 10.2 Å². The van der Waals surface area contributed by atoms with Crippen molar-refractivity contribution in [2.24, 2.45) is 0 Å². The van der Waals surface area contributed by atoms with Crippen molar-refractivity contribution in [1.82, 2.24) is 15.0 Å². The molecular formula is C11H11N3O2. The lowest BCUT2D eigenvalue weighted by atomic mass is 10.1. The highest BCUT2D eigenvalue weighted by Crippen LogP contribution is 2.12. The van der Waals surface area contributed by atoms with Gasteiger partial charge in [0.05, 0.1) is 11.9 Å². The third kappa shape index (κ3) is 1.79. The zero-order valence-corrected chi connectivity index (χ0v) is 9.01. The molecule has 0 bridgehead atoms. The van der Waals surface area contributed by atoms with Crippen LogP contribution in [0.25, 0.3) is 5.69 Å². The summed E-state index contributed by atoms with van der Waals surface area (Å²) >= 11 is 0. The van der Waals surface area contributed by atoms with Crippen molar-refractivity contribution < 1.29 is 9.90 Å². The number of aryl methyl sites for hydroxylation is 2. The van der Waals surface area contributed by atoms with Gasteiger partial charge in [0.25, 0.3) is 0 Å². The zero-order chi connectivity index (χ0) is 11.7. The van der Waals surface area contributed by atoms with E-state index in [1.165, 1.54) is 16.6 Å². The molecule has 1 aromatic heterocycles. The van der Waals surface area contributed by atoms with Gasteiger partial charge in [-0.1, -0.05) is 6.07 Å². The van der Waals surface area contributed by atoms with Gasteiger partial charge in [0.1, 0.15) is 0 Å². The van der Waals surface area contributed by atoms with Gasteiger partial charge in [-0.25, -0.2) is 4.79 Å². The Hall–Kier alpha value is -2.17. The van der Waals surface area contributed by atoms with Crippen molar-refractivity contribution in [3.63, 3.8) is 0 Å². The summed E-state index contributed by atoms with van der Waals surface area (Å²) in [5.74, 6) is -1.07. The van der Waals surface area contributed by atoms with E-state index in [0.29, 0.717) is 0 Å². The summed E-state index contributed by atoms with van der Waals surface area (Å²) in [4.78, 5) is 12.0. The normalized spacial score (nSPS) is 10.4. The van der Waals surface area contributed by atoms with E-state index >= 15 is 0 Å². The van der Waals surface area contributed by atoms with E-state index in [-0.39, 0.29) is 5.69 Å². The molecule has 82 valence electrons. The molecule has 0 fully saturated rings. The van der Waals surface area contributed by atoms with Crippen LogP contribution in [0.3, 0.4) is 0 Å². The van der Waals surface area contributed by atoms with Crippen molar-refractivity contribution >= 4 is 5.97 Å². The number of benzene rings is 1. The average molecular weight is 217 g/mol. The molecule has 1 aromatic carbocycles. The molecule has 5 nitrogen and oxygen atoms in total. The number of nitrogens with zero attached hydrogens (tertiary/aromatic N) is 3. The predicted molar refractivity (Wildman–Crippen MR) is 57.8 cm³/mol. The van der Waals surface area contributed by atoms with E-state index in [4.69, 9.17) is 5.11 Å². The molecule has 0 spiro atoms. The topological polar surface area (TPSA) is 68.0 Å². The van der Waals surface area contributed by atoms with Crippen molar-refractivity contribution in [3.05, 3.63) is 41.2 Å². The van der Waals surface area contributed by atoms with Crippen LogP contribution in [0.2, 0.25) is 0 Å². The molecule has 0 aliphatic heterocycles. The molecular weight excluding hydrogens is 206 g/mol. The Morgan fingerprint density at radius 1 is 1.31 bits per heavy atom. The Balaban J connectivity index is 2.42. The second-order valence-electron chi connectivity index (χ2n) is 3.59. The quantitative estimate of drug-likeness (QED) is 0.829. The van der Waals surface area contributed by atoms with E-state index in [1.54, 1.807) is 0 Å². The molecule has 0 atom stereocenters. The second kappa shape index (κ2) is 3.77. The van der Waals surface area contributed by atoms with E-state index in [0.717, 1.165) is 11.3 Å². The number of carboxylic acid groups (broad SMARTS) is 1. The van der Waals surface area contributed by atoms with Crippen LogP contribution in [0, 0.1) is 13.8 Å². The molecule has 0 saturated carbocycles. The molecule has 0 aliphatic rings. The summed E-state index contributed by atoms with van der Waals surface area (Å²) in [6.45, 7) is 4.00. The maximum absolute atomic E-state index is 10.7. The Bertz CT molecular complexity index is 546. The summed E-state index contributed by atoms with van der Waals surface area (Å²) in [6.07, 6.45) is 1.23. The lowest BCUT2D eigenvalue weighted by Crippen LogP contribution is -2.02. The zero-order valence-electron chi connectivity index (χ0n) is 9.01. The second-order valence-corrected chi connectivity index (χ2v) is 3.59. The van der Waals surface area contributed by atoms with Crippen LogP contribution in [0.4, 0.5) is 0 Å². The fourth-order valence-corrected chi connectivity index (χ4v) is 1.34. The van der Waals surface area contributed by atoms with E-state index in [1.807, 2.05) is 32.0 Å². The van der Waals surface area contributed by atoms with Crippen LogP contribution in [0.5, 0.6) is 0 Å². The molecule has 1 heterocycles. The van der Waals surface area contributed by atoms with Gasteiger partial charge in [-0.3, -0.25) is 0 Å². The minimum Gasteiger partial charge on any atom is -0.476 e. The van der Waals surface area contributed by atoms with Gasteiger partial charge in [-0.2, -0.15) is 9.90 Å². The molecule has 0 aliphatic carbocycles. The van der Waals surface area contributed by atoms with Gasteiger partial charge in [0.15, 0.2) is 5.69 Å². The number of aromatic carboxylic acids is 1. The van der Waals surface area contributed by atoms with Crippen molar-refractivity contribution in [1.29, 1.82) is 0 Å². The molecule has 1 N–H and O–H groups in total. The molecule has 5 heteroatoms. The summed E-state index contributed by atoms with van der Waals surface area (Å²) in [5, 5.41) is 16.5. The molecule has 0 saturated heterocycles. The number of rotatable bonds is 2. The van der Waals surface area contributed by atoms with Crippen LogP contribution >= 0.6 is 0 Å². The fraction of sp³-hybridized carbons (Fsp3) is 0.182. The van der Waals surface area contributed by atoms with E-state index < -0.39 is 5.97 Å². The van der Waals surface area contributed by atoms with Gasteiger partial charge in [0.2, 0.25) is 0 Å². The SMILES string of the molecule is Cc1ccc(-n2ncc(C(=O)O)n2)cc1C. The minimum absolute atomic E-state index is 0.0572. The van der Waals surface area contributed by atoms with Crippen molar-refractivity contribution in [3.8, 4) is 5.69 Å². The third-order valence-corrected chi connectivity index (χ3v) is 2.43. The first kappa shape index (κ1) is 10.4. The van der Waals surface area contributed by atoms with Gasteiger partial charge in [0, 0.05) is 0 Å². The standard InChI is InChI=1S/C11H11N3O2/c1-7-3-4-9(5-8(7)2)14-12-6-10(13-14)11(15)16/h3-6H,1-2H3,(H,15,16). The average Bonchev–Trinajstić information content (AvgIpc) is 2.71.